The van der Waals surface area contributed by atoms with Crippen molar-refractivity contribution in [3.05, 3.63) is 76.8 Å². The second kappa shape index (κ2) is 5.76. The van der Waals surface area contributed by atoms with Crippen molar-refractivity contribution in [2.45, 2.75) is 6.04 Å². The molecule has 3 aromatic rings. The van der Waals surface area contributed by atoms with Crippen molar-refractivity contribution in [3.63, 3.8) is 0 Å². The molecule has 0 fully saturated rings. The van der Waals surface area contributed by atoms with Gasteiger partial charge in [0.2, 0.25) is 0 Å². The third-order valence-electron chi connectivity index (χ3n) is 3.67. The van der Waals surface area contributed by atoms with Crippen molar-refractivity contribution in [3.8, 4) is 5.75 Å². The molecule has 2 nitrogen and oxygen atoms in total. The fourth-order valence-electron chi connectivity index (χ4n) is 2.47. The molecule has 0 bridgehead atoms. The first-order valence-corrected chi connectivity index (χ1v) is 7.14. The first kappa shape index (κ1) is 13.9. The van der Waals surface area contributed by atoms with Gasteiger partial charge in [0.25, 0.3) is 0 Å². The first-order valence-electron chi connectivity index (χ1n) is 6.77. The topological polar surface area (TPSA) is 35.2 Å². The second-order valence-corrected chi connectivity index (χ2v) is 5.39. The third kappa shape index (κ3) is 2.73. The maximum atomic E-state index is 6.37. The van der Waals surface area contributed by atoms with Gasteiger partial charge in [-0.1, -0.05) is 54.1 Å². The van der Waals surface area contributed by atoms with Crippen LogP contribution >= 0.6 is 11.6 Å². The van der Waals surface area contributed by atoms with E-state index in [1.54, 1.807) is 7.11 Å². The molecule has 0 saturated heterocycles. The highest BCUT2D eigenvalue weighted by atomic mass is 35.5. The lowest BCUT2D eigenvalue weighted by Crippen LogP contribution is -2.11. The number of ether oxygens (including phenoxy) is 1. The van der Waals surface area contributed by atoms with Gasteiger partial charge in [-0.25, -0.2) is 0 Å². The lowest BCUT2D eigenvalue weighted by molar-refractivity contribution is 0.415. The molecule has 0 aliphatic carbocycles. The molecule has 0 aromatic heterocycles. The summed E-state index contributed by atoms with van der Waals surface area (Å²) in [5, 5.41) is 2.97. The van der Waals surface area contributed by atoms with Crippen LogP contribution in [0.3, 0.4) is 0 Å². The van der Waals surface area contributed by atoms with E-state index in [4.69, 9.17) is 22.1 Å². The van der Waals surface area contributed by atoms with Crippen molar-refractivity contribution in [2.24, 2.45) is 5.73 Å². The molecule has 2 N–H and O–H groups in total. The molecular weight excluding hydrogens is 282 g/mol. The second-order valence-electron chi connectivity index (χ2n) is 4.98. The van der Waals surface area contributed by atoms with E-state index in [9.17, 15) is 0 Å². The molecule has 0 heterocycles. The quantitative estimate of drug-likeness (QED) is 0.770. The highest BCUT2D eigenvalue weighted by Gasteiger charge is 2.11. The summed E-state index contributed by atoms with van der Waals surface area (Å²) in [7, 11) is 1.60. The number of methoxy groups -OCH3 is 1. The highest BCUT2D eigenvalue weighted by Crippen LogP contribution is 2.30. The van der Waals surface area contributed by atoms with E-state index >= 15 is 0 Å². The van der Waals surface area contributed by atoms with Crippen LogP contribution in [0.2, 0.25) is 5.02 Å². The van der Waals surface area contributed by atoms with Crippen molar-refractivity contribution in [1.29, 1.82) is 0 Å². The smallest absolute Gasteiger partial charge is 0.137 e. The van der Waals surface area contributed by atoms with E-state index in [2.05, 4.69) is 30.3 Å². The molecule has 106 valence electrons. The molecule has 3 rings (SSSR count). The van der Waals surface area contributed by atoms with Gasteiger partial charge >= 0.3 is 0 Å². The molecule has 3 heteroatoms. The summed E-state index contributed by atoms with van der Waals surface area (Å²) in [6.45, 7) is 0. The Balaban J connectivity index is 1.99. The van der Waals surface area contributed by atoms with Gasteiger partial charge in [0, 0.05) is 0 Å². The molecule has 0 spiro atoms. The van der Waals surface area contributed by atoms with Crippen molar-refractivity contribution < 1.29 is 4.74 Å². The molecular formula is C18H16ClNO. The fraction of sp³-hybridized carbons (Fsp3) is 0.111. The summed E-state index contributed by atoms with van der Waals surface area (Å²) >= 11 is 6.18. The lowest BCUT2D eigenvalue weighted by atomic mass is 9.97. The minimum atomic E-state index is -0.210. The van der Waals surface area contributed by atoms with Gasteiger partial charge in [0.15, 0.2) is 0 Å². The minimum absolute atomic E-state index is 0.210. The number of nitrogens with two attached hydrogens (primary N) is 1. The summed E-state index contributed by atoms with van der Waals surface area (Å²) in [4.78, 5) is 0. The van der Waals surface area contributed by atoms with Crippen LogP contribution in [0.1, 0.15) is 17.2 Å². The Morgan fingerprint density at radius 3 is 2.29 bits per heavy atom. The monoisotopic (exact) mass is 297 g/mol. The Bertz CT molecular complexity index is 785. The van der Waals surface area contributed by atoms with Crippen molar-refractivity contribution in [1.82, 2.24) is 0 Å². The van der Waals surface area contributed by atoms with Crippen LogP contribution in [0.15, 0.2) is 60.7 Å². The van der Waals surface area contributed by atoms with E-state index in [1.807, 2.05) is 30.3 Å². The normalized spacial score (nSPS) is 12.3. The van der Waals surface area contributed by atoms with Gasteiger partial charge in [-0.3, -0.25) is 0 Å². The Kier molecular flexibility index (Phi) is 3.82. The maximum Gasteiger partial charge on any atom is 0.137 e. The number of hydrogen-bond acceptors (Lipinski definition) is 2. The standard InChI is InChI=1S/C18H16ClNO/c1-21-17-9-8-15(11-16(17)19)18(20)14-7-6-12-4-2-3-5-13(12)10-14/h2-11,18H,20H2,1H3. The average molecular weight is 298 g/mol. The summed E-state index contributed by atoms with van der Waals surface area (Å²) in [5.41, 5.74) is 8.40. The number of halogens is 1. The van der Waals surface area contributed by atoms with E-state index in [0.29, 0.717) is 10.8 Å². The van der Waals surface area contributed by atoms with Crippen LogP contribution in [0.25, 0.3) is 10.8 Å². The van der Waals surface area contributed by atoms with Crippen molar-refractivity contribution in [2.75, 3.05) is 7.11 Å². The van der Waals surface area contributed by atoms with Crippen LogP contribution in [0, 0.1) is 0 Å². The highest BCUT2D eigenvalue weighted by molar-refractivity contribution is 6.32. The number of fused-ring (bicyclic) bond motifs is 1. The van der Waals surface area contributed by atoms with Crippen molar-refractivity contribution >= 4 is 22.4 Å². The van der Waals surface area contributed by atoms with Gasteiger partial charge in [0.1, 0.15) is 5.75 Å². The molecule has 21 heavy (non-hydrogen) atoms. The van der Waals surface area contributed by atoms with E-state index in [0.717, 1.165) is 11.1 Å². The largest absolute Gasteiger partial charge is 0.495 e. The zero-order valence-corrected chi connectivity index (χ0v) is 12.5. The molecule has 1 atom stereocenters. The number of rotatable bonds is 3. The predicted octanol–water partition coefficient (Wildman–Crippen LogP) is 4.55. The van der Waals surface area contributed by atoms with Crippen LogP contribution < -0.4 is 10.5 Å². The fourth-order valence-corrected chi connectivity index (χ4v) is 2.74. The van der Waals surface area contributed by atoms with E-state index < -0.39 is 0 Å². The summed E-state index contributed by atoms with van der Waals surface area (Å²) < 4.78 is 5.17. The number of hydrogen-bond donors (Lipinski definition) is 1. The van der Waals surface area contributed by atoms with Gasteiger partial charge in [0.05, 0.1) is 18.2 Å². The molecule has 3 aromatic carbocycles. The van der Waals surface area contributed by atoms with Gasteiger partial charge in [-0.2, -0.15) is 0 Å². The lowest BCUT2D eigenvalue weighted by Gasteiger charge is -2.15. The molecule has 0 aliphatic heterocycles. The maximum absolute atomic E-state index is 6.37. The van der Waals surface area contributed by atoms with Gasteiger partial charge < -0.3 is 10.5 Å². The van der Waals surface area contributed by atoms with E-state index in [1.165, 1.54) is 10.8 Å². The molecule has 0 saturated carbocycles. The Hall–Kier alpha value is -2.03. The van der Waals surface area contributed by atoms with Crippen LogP contribution in [-0.4, -0.2) is 7.11 Å². The molecule has 0 amide bonds. The van der Waals surface area contributed by atoms with Crippen LogP contribution in [0.4, 0.5) is 0 Å². The van der Waals surface area contributed by atoms with Gasteiger partial charge in [-0.05, 0) is 40.1 Å². The summed E-state index contributed by atoms with van der Waals surface area (Å²) in [5.74, 6) is 0.658. The zero-order valence-electron chi connectivity index (χ0n) is 11.7. The summed E-state index contributed by atoms with van der Waals surface area (Å²) in [6, 6.07) is 20.0. The van der Waals surface area contributed by atoms with E-state index in [-0.39, 0.29) is 6.04 Å². The Labute approximate surface area is 129 Å². The summed E-state index contributed by atoms with van der Waals surface area (Å²) in [6.07, 6.45) is 0. The van der Waals surface area contributed by atoms with Gasteiger partial charge in [-0.15, -0.1) is 0 Å². The predicted molar refractivity (Wildman–Crippen MR) is 88.0 cm³/mol. The van der Waals surface area contributed by atoms with Crippen LogP contribution in [0.5, 0.6) is 5.75 Å². The Morgan fingerprint density at radius 2 is 1.57 bits per heavy atom. The third-order valence-corrected chi connectivity index (χ3v) is 3.96. The SMILES string of the molecule is COc1ccc(C(N)c2ccc3ccccc3c2)cc1Cl. The first-order chi connectivity index (χ1) is 10.2. The Morgan fingerprint density at radius 1 is 0.905 bits per heavy atom. The molecule has 1 unspecified atom stereocenters. The molecule has 0 aliphatic rings. The number of benzene rings is 3. The average Bonchev–Trinajstić information content (AvgIpc) is 2.53. The zero-order chi connectivity index (χ0) is 14.8. The minimum Gasteiger partial charge on any atom is -0.495 e. The van der Waals surface area contributed by atoms with Crippen LogP contribution in [-0.2, 0) is 0 Å². The molecule has 0 radical (unpaired) electrons.